The lowest BCUT2D eigenvalue weighted by Crippen LogP contribution is -2.17. The molecule has 3 aromatic carbocycles. The highest BCUT2D eigenvalue weighted by atomic mass is 16.6. The zero-order valence-corrected chi connectivity index (χ0v) is 16.9. The predicted octanol–water partition coefficient (Wildman–Crippen LogP) is 3.39. The number of para-hydroxylation sites is 2. The average molecular weight is 420 g/mol. The van der Waals surface area contributed by atoms with E-state index in [1.165, 1.54) is 32.6 Å². The van der Waals surface area contributed by atoms with Crippen LogP contribution in [0.15, 0.2) is 71.8 Å². The zero-order valence-electron chi connectivity index (χ0n) is 16.9. The maximum atomic E-state index is 12.5. The smallest absolute Gasteiger partial charge is 0.347 e. The molecule has 0 aliphatic carbocycles. The van der Waals surface area contributed by atoms with E-state index < -0.39 is 11.9 Å². The van der Waals surface area contributed by atoms with Gasteiger partial charge in [-0.3, -0.25) is 4.79 Å². The fourth-order valence-corrected chi connectivity index (χ4v) is 2.71. The average Bonchev–Trinajstić information content (AvgIpc) is 2.80. The Morgan fingerprint density at radius 2 is 1.55 bits per heavy atom. The molecule has 8 heteroatoms. The van der Waals surface area contributed by atoms with Gasteiger partial charge in [-0.25, -0.2) is 10.2 Å². The predicted molar refractivity (Wildman–Crippen MR) is 114 cm³/mol. The van der Waals surface area contributed by atoms with Crippen LogP contribution in [0, 0.1) is 0 Å². The number of phenols is 1. The Bertz CT molecular complexity index is 1130. The van der Waals surface area contributed by atoms with Crippen molar-refractivity contribution in [3.63, 3.8) is 0 Å². The van der Waals surface area contributed by atoms with E-state index in [9.17, 15) is 14.7 Å². The molecule has 3 aromatic rings. The van der Waals surface area contributed by atoms with E-state index in [0.29, 0.717) is 17.1 Å². The van der Waals surface area contributed by atoms with Gasteiger partial charge in [0.2, 0.25) is 0 Å². The lowest BCUT2D eigenvalue weighted by atomic mass is 10.2. The summed E-state index contributed by atoms with van der Waals surface area (Å²) < 4.78 is 15.9. The normalized spacial score (nSPS) is 10.5. The van der Waals surface area contributed by atoms with Crippen molar-refractivity contribution in [1.29, 1.82) is 0 Å². The van der Waals surface area contributed by atoms with Crippen molar-refractivity contribution in [1.82, 2.24) is 5.43 Å². The molecule has 1 amide bonds. The molecular weight excluding hydrogens is 400 g/mol. The lowest BCUT2D eigenvalue weighted by Gasteiger charge is -2.11. The third kappa shape index (κ3) is 5.18. The van der Waals surface area contributed by atoms with Gasteiger partial charge in [-0.05, 0) is 48.0 Å². The fraction of sp³-hybridized carbons (Fsp3) is 0.0870. The van der Waals surface area contributed by atoms with Crippen LogP contribution < -0.4 is 19.6 Å². The molecule has 0 saturated carbocycles. The van der Waals surface area contributed by atoms with Gasteiger partial charge in [-0.2, -0.15) is 5.10 Å². The Morgan fingerprint density at radius 1 is 0.871 bits per heavy atom. The fourth-order valence-electron chi connectivity index (χ4n) is 2.71. The van der Waals surface area contributed by atoms with Gasteiger partial charge in [-0.15, -0.1) is 0 Å². The van der Waals surface area contributed by atoms with Crippen molar-refractivity contribution in [2.45, 2.75) is 0 Å². The van der Waals surface area contributed by atoms with E-state index in [1.54, 1.807) is 54.6 Å². The highest BCUT2D eigenvalue weighted by molar-refractivity contribution is 5.97. The van der Waals surface area contributed by atoms with Crippen LogP contribution >= 0.6 is 0 Å². The van der Waals surface area contributed by atoms with Crippen molar-refractivity contribution in [3.05, 3.63) is 83.4 Å². The molecule has 0 heterocycles. The number of ether oxygens (including phenoxy) is 3. The number of carbonyl (C=O) groups is 2. The van der Waals surface area contributed by atoms with E-state index in [1.807, 2.05) is 0 Å². The minimum Gasteiger partial charge on any atom is -0.507 e. The summed E-state index contributed by atoms with van der Waals surface area (Å²) in [6.45, 7) is 0. The second-order valence-corrected chi connectivity index (χ2v) is 6.22. The number of esters is 1. The van der Waals surface area contributed by atoms with Gasteiger partial charge < -0.3 is 19.3 Å². The van der Waals surface area contributed by atoms with Crippen LogP contribution in [0.5, 0.6) is 23.0 Å². The molecule has 3 rings (SSSR count). The Balaban J connectivity index is 1.71. The van der Waals surface area contributed by atoms with Crippen LogP contribution in [0.3, 0.4) is 0 Å². The first-order valence-corrected chi connectivity index (χ1v) is 9.18. The Morgan fingerprint density at radius 3 is 2.26 bits per heavy atom. The number of amides is 1. The molecule has 0 aromatic heterocycles. The van der Waals surface area contributed by atoms with Crippen LogP contribution in [-0.2, 0) is 0 Å². The second-order valence-electron chi connectivity index (χ2n) is 6.22. The first kappa shape index (κ1) is 21.4. The molecule has 0 atom stereocenters. The quantitative estimate of drug-likeness (QED) is 0.263. The first-order chi connectivity index (χ1) is 15.0. The van der Waals surface area contributed by atoms with Gasteiger partial charge in [0, 0.05) is 0 Å². The molecule has 0 unspecified atom stereocenters. The summed E-state index contributed by atoms with van der Waals surface area (Å²) in [5.74, 6) is -0.364. The summed E-state index contributed by atoms with van der Waals surface area (Å²) >= 11 is 0. The Kier molecular flexibility index (Phi) is 6.85. The van der Waals surface area contributed by atoms with Crippen LogP contribution in [0.2, 0.25) is 0 Å². The molecule has 0 bridgehead atoms. The van der Waals surface area contributed by atoms with Gasteiger partial charge in [0.05, 0.1) is 26.0 Å². The summed E-state index contributed by atoms with van der Waals surface area (Å²) in [6, 6.07) is 17.7. The number of carbonyl (C=O) groups excluding carboxylic acids is 2. The van der Waals surface area contributed by atoms with E-state index in [0.717, 1.165) is 0 Å². The summed E-state index contributed by atoms with van der Waals surface area (Å²) in [4.78, 5) is 24.6. The molecule has 31 heavy (non-hydrogen) atoms. The summed E-state index contributed by atoms with van der Waals surface area (Å²) in [6.07, 6.45) is 1.40. The number of benzene rings is 3. The van der Waals surface area contributed by atoms with Crippen molar-refractivity contribution in [2.75, 3.05) is 14.2 Å². The van der Waals surface area contributed by atoms with Crippen LogP contribution in [0.1, 0.15) is 26.3 Å². The van der Waals surface area contributed by atoms with Crippen molar-refractivity contribution >= 4 is 18.1 Å². The van der Waals surface area contributed by atoms with Crippen LogP contribution in [-0.4, -0.2) is 37.4 Å². The van der Waals surface area contributed by atoms with Crippen molar-refractivity contribution < 1.29 is 28.9 Å². The molecule has 2 N–H and O–H groups in total. The third-order valence-corrected chi connectivity index (χ3v) is 4.25. The summed E-state index contributed by atoms with van der Waals surface area (Å²) in [7, 11) is 2.91. The number of hydrazone groups is 1. The van der Waals surface area contributed by atoms with E-state index in [4.69, 9.17) is 14.2 Å². The Hall–Kier alpha value is -4.33. The number of rotatable bonds is 7. The van der Waals surface area contributed by atoms with Gasteiger partial charge in [-0.1, -0.05) is 24.3 Å². The molecule has 8 nitrogen and oxygen atoms in total. The molecule has 0 saturated heterocycles. The number of hydrogen-bond acceptors (Lipinski definition) is 7. The van der Waals surface area contributed by atoms with E-state index in [-0.39, 0.29) is 22.6 Å². The minimum atomic E-state index is -0.591. The standard InChI is InChI=1S/C23H20N2O6/c1-29-19-10-6-4-8-17(19)23(28)31-20-12-11-15(13-21(20)30-2)14-24-25-22(27)16-7-3-5-9-18(16)26/h3-14,26H,1-2H3,(H,25,27). The number of methoxy groups -OCH3 is 2. The topological polar surface area (TPSA) is 106 Å². The zero-order chi connectivity index (χ0) is 22.2. The largest absolute Gasteiger partial charge is 0.507 e. The molecule has 0 aliphatic heterocycles. The van der Waals surface area contributed by atoms with E-state index in [2.05, 4.69) is 10.5 Å². The molecule has 0 radical (unpaired) electrons. The molecule has 0 spiro atoms. The summed E-state index contributed by atoms with van der Waals surface area (Å²) in [5, 5.41) is 13.6. The van der Waals surface area contributed by atoms with Crippen LogP contribution in [0.25, 0.3) is 0 Å². The number of nitrogens with zero attached hydrogens (tertiary/aromatic N) is 1. The second kappa shape index (κ2) is 9.93. The van der Waals surface area contributed by atoms with Gasteiger partial charge in [0.25, 0.3) is 5.91 Å². The van der Waals surface area contributed by atoms with Crippen molar-refractivity contribution in [3.8, 4) is 23.0 Å². The number of nitrogens with one attached hydrogen (secondary N) is 1. The van der Waals surface area contributed by atoms with E-state index >= 15 is 0 Å². The molecule has 0 aliphatic rings. The Labute approximate surface area is 178 Å². The molecule has 0 fully saturated rings. The SMILES string of the molecule is COc1cc(C=NNC(=O)c2ccccc2O)ccc1OC(=O)c1ccccc1OC. The lowest BCUT2D eigenvalue weighted by molar-refractivity contribution is 0.0726. The van der Waals surface area contributed by atoms with Crippen LogP contribution in [0.4, 0.5) is 0 Å². The third-order valence-electron chi connectivity index (χ3n) is 4.25. The highest BCUT2D eigenvalue weighted by Crippen LogP contribution is 2.29. The summed E-state index contributed by atoms with van der Waals surface area (Å²) in [5.41, 5.74) is 3.32. The minimum absolute atomic E-state index is 0.107. The number of aromatic hydroxyl groups is 1. The first-order valence-electron chi connectivity index (χ1n) is 9.18. The van der Waals surface area contributed by atoms with Gasteiger partial charge >= 0.3 is 5.97 Å². The molecular formula is C23H20N2O6. The molecule has 158 valence electrons. The number of hydrogen-bond donors (Lipinski definition) is 2. The monoisotopic (exact) mass is 420 g/mol. The van der Waals surface area contributed by atoms with Gasteiger partial charge in [0.15, 0.2) is 11.5 Å². The number of phenolic OH excluding ortho intramolecular Hbond substituents is 1. The van der Waals surface area contributed by atoms with Gasteiger partial charge in [0.1, 0.15) is 17.1 Å². The van der Waals surface area contributed by atoms with Crippen molar-refractivity contribution in [2.24, 2.45) is 5.10 Å². The highest BCUT2D eigenvalue weighted by Gasteiger charge is 2.16. The maximum absolute atomic E-state index is 12.5. The maximum Gasteiger partial charge on any atom is 0.347 e.